The van der Waals surface area contributed by atoms with Crippen LogP contribution in [0.15, 0.2) is 47.5 Å². The van der Waals surface area contributed by atoms with Gasteiger partial charge in [-0.3, -0.25) is 9.79 Å². The fourth-order valence-electron chi connectivity index (χ4n) is 2.09. The summed E-state index contributed by atoms with van der Waals surface area (Å²) in [4.78, 5) is 16.6. The van der Waals surface area contributed by atoms with Gasteiger partial charge in [0.05, 0.1) is 18.2 Å². The zero-order valence-electron chi connectivity index (χ0n) is 13.1. The van der Waals surface area contributed by atoms with Crippen LogP contribution >= 0.6 is 34.2 Å². The highest BCUT2D eigenvalue weighted by Crippen LogP contribution is 2.24. The lowest BCUT2D eigenvalue weighted by Crippen LogP contribution is -2.21. The van der Waals surface area contributed by atoms with E-state index in [1.807, 2.05) is 24.3 Å². The number of aromatic hydroxyl groups is 1. The van der Waals surface area contributed by atoms with Crippen molar-refractivity contribution in [3.8, 4) is 5.75 Å². The van der Waals surface area contributed by atoms with Gasteiger partial charge in [0.2, 0.25) is 0 Å². The first kappa shape index (κ1) is 18.7. The highest BCUT2D eigenvalue weighted by atomic mass is 127. The Hall–Kier alpha value is -1.60. The van der Waals surface area contributed by atoms with E-state index in [-0.39, 0.29) is 11.7 Å². The number of carbonyl (C=O) groups excluding carboxylic acids is 1. The van der Waals surface area contributed by atoms with Gasteiger partial charge in [0.1, 0.15) is 5.75 Å². The van der Waals surface area contributed by atoms with Crippen molar-refractivity contribution < 1.29 is 14.6 Å². The van der Waals surface area contributed by atoms with Gasteiger partial charge in [-0.05, 0) is 77.9 Å². The molecule has 0 heterocycles. The van der Waals surface area contributed by atoms with E-state index in [1.54, 1.807) is 25.3 Å². The quantitative estimate of drug-likeness (QED) is 0.386. The summed E-state index contributed by atoms with van der Waals surface area (Å²) in [7, 11) is 0. The van der Waals surface area contributed by atoms with Gasteiger partial charge in [0.15, 0.2) is 0 Å². The Kier molecular flexibility index (Phi) is 7.05. The standard InChI is InChI=1S/C18H17ClINO3/c1-2-24-18(23)13(9-12-3-8-16(22)10-17(12)19)11-21-15-6-4-14(20)5-7-15/h3-8,10-11,13,22H,2,9H2,1H3. The topological polar surface area (TPSA) is 58.9 Å². The van der Waals surface area contributed by atoms with Crippen LogP contribution < -0.4 is 0 Å². The fourth-order valence-corrected chi connectivity index (χ4v) is 2.70. The highest BCUT2D eigenvalue weighted by molar-refractivity contribution is 14.1. The minimum absolute atomic E-state index is 0.0870. The first-order valence-electron chi connectivity index (χ1n) is 7.43. The van der Waals surface area contributed by atoms with Crippen LogP contribution in [0.2, 0.25) is 5.02 Å². The van der Waals surface area contributed by atoms with Gasteiger partial charge in [0, 0.05) is 14.8 Å². The summed E-state index contributed by atoms with van der Waals surface area (Å²) >= 11 is 8.35. The van der Waals surface area contributed by atoms with Crippen molar-refractivity contribution in [2.24, 2.45) is 10.9 Å². The molecule has 1 atom stereocenters. The first-order chi connectivity index (χ1) is 11.5. The molecule has 0 aliphatic carbocycles. The van der Waals surface area contributed by atoms with Crippen molar-refractivity contribution in [2.75, 3.05) is 6.61 Å². The highest BCUT2D eigenvalue weighted by Gasteiger charge is 2.19. The van der Waals surface area contributed by atoms with Crippen LogP contribution in [0.5, 0.6) is 5.75 Å². The number of ether oxygens (including phenoxy) is 1. The number of phenolic OH excluding ortho intramolecular Hbond substituents is 1. The van der Waals surface area contributed by atoms with Crippen molar-refractivity contribution in [2.45, 2.75) is 13.3 Å². The summed E-state index contributed by atoms with van der Waals surface area (Å²) < 4.78 is 6.24. The third-order valence-electron chi connectivity index (χ3n) is 3.30. The molecule has 0 aliphatic rings. The van der Waals surface area contributed by atoms with Gasteiger partial charge < -0.3 is 9.84 Å². The third-order valence-corrected chi connectivity index (χ3v) is 4.37. The number of hydrogen-bond acceptors (Lipinski definition) is 4. The van der Waals surface area contributed by atoms with Gasteiger partial charge in [-0.15, -0.1) is 0 Å². The lowest BCUT2D eigenvalue weighted by atomic mass is 10.00. The van der Waals surface area contributed by atoms with Gasteiger partial charge in [-0.1, -0.05) is 17.7 Å². The van der Waals surface area contributed by atoms with Crippen LogP contribution in [0.1, 0.15) is 12.5 Å². The monoisotopic (exact) mass is 457 g/mol. The van der Waals surface area contributed by atoms with Gasteiger partial charge >= 0.3 is 5.97 Å². The molecule has 2 rings (SSSR count). The molecule has 0 saturated carbocycles. The Balaban J connectivity index is 2.20. The molecule has 4 nitrogen and oxygen atoms in total. The average Bonchev–Trinajstić information content (AvgIpc) is 2.55. The maximum absolute atomic E-state index is 12.2. The summed E-state index contributed by atoms with van der Waals surface area (Å²) in [6, 6.07) is 12.4. The largest absolute Gasteiger partial charge is 0.508 e. The molecule has 0 bridgehead atoms. The predicted molar refractivity (Wildman–Crippen MR) is 104 cm³/mol. The maximum atomic E-state index is 12.2. The Morgan fingerprint density at radius 2 is 2.04 bits per heavy atom. The molecule has 0 spiro atoms. The molecular weight excluding hydrogens is 441 g/mol. The minimum Gasteiger partial charge on any atom is -0.508 e. The summed E-state index contributed by atoms with van der Waals surface area (Å²) in [5.41, 5.74) is 1.52. The molecule has 0 fully saturated rings. The molecule has 0 aliphatic heterocycles. The summed E-state index contributed by atoms with van der Waals surface area (Å²) in [5, 5.41) is 9.85. The Morgan fingerprint density at radius 1 is 1.33 bits per heavy atom. The van der Waals surface area contributed by atoms with E-state index in [2.05, 4.69) is 27.6 Å². The molecule has 6 heteroatoms. The van der Waals surface area contributed by atoms with Crippen LogP contribution in [-0.4, -0.2) is 23.9 Å². The number of benzene rings is 2. The molecule has 2 aromatic rings. The van der Waals surface area contributed by atoms with E-state index >= 15 is 0 Å². The zero-order chi connectivity index (χ0) is 17.5. The van der Waals surface area contributed by atoms with Gasteiger partial charge in [0.25, 0.3) is 0 Å². The number of aliphatic imine (C=N–C) groups is 1. The SMILES string of the molecule is CCOC(=O)C(C=Nc1ccc(I)cc1)Cc1ccc(O)cc1Cl. The number of halogens is 2. The number of rotatable bonds is 6. The van der Waals surface area contributed by atoms with E-state index in [0.717, 1.165) is 14.8 Å². The van der Waals surface area contributed by atoms with E-state index in [1.165, 1.54) is 6.07 Å². The summed E-state index contributed by atoms with van der Waals surface area (Å²) in [5.74, 6) is -0.814. The van der Waals surface area contributed by atoms with Crippen LogP contribution in [0, 0.1) is 9.49 Å². The van der Waals surface area contributed by atoms with E-state index in [4.69, 9.17) is 16.3 Å². The molecule has 2 aromatic carbocycles. The Labute approximate surface area is 159 Å². The van der Waals surface area contributed by atoms with E-state index < -0.39 is 5.92 Å². The lowest BCUT2D eigenvalue weighted by Gasteiger charge is -2.12. The van der Waals surface area contributed by atoms with Crippen molar-refractivity contribution in [1.29, 1.82) is 0 Å². The van der Waals surface area contributed by atoms with Crippen molar-refractivity contribution in [1.82, 2.24) is 0 Å². The molecule has 0 saturated heterocycles. The van der Waals surface area contributed by atoms with E-state index in [0.29, 0.717) is 18.1 Å². The normalized spacial score (nSPS) is 12.3. The maximum Gasteiger partial charge on any atom is 0.314 e. The van der Waals surface area contributed by atoms with Gasteiger partial charge in [-0.2, -0.15) is 0 Å². The first-order valence-corrected chi connectivity index (χ1v) is 8.89. The molecule has 1 N–H and O–H groups in total. The smallest absolute Gasteiger partial charge is 0.314 e. The van der Waals surface area contributed by atoms with Crippen LogP contribution in [-0.2, 0) is 16.0 Å². The number of hydrogen-bond donors (Lipinski definition) is 1. The Morgan fingerprint density at radius 3 is 2.67 bits per heavy atom. The Bertz CT molecular complexity index is 732. The molecule has 0 radical (unpaired) electrons. The van der Waals surface area contributed by atoms with Gasteiger partial charge in [-0.25, -0.2) is 0 Å². The second-order valence-corrected chi connectivity index (χ2v) is 6.75. The molecule has 0 aromatic heterocycles. The lowest BCUT2D eigenvalue weighted by molar-refractivity contribution is -0.145. The van der Waals surface area contributed by atoms with Crippen molar-refractivity contribution in [3.05, 3.63) is 56.6 Å². The molecule has 0 amide bonds. The summed E-state index contributed by atoms with van der Waals surface area (Å²) in [6.45, 7) is 2.06. The fraction of sp³-hybridized carbons (Fsp3) is 0.222. The molecule has 24 heavy (non-hydrogen) atoms. The van der Waals surface area contributed by atoms with Crippen molar-refractivity contribution >= 4 is 52.1 Å². The molecule has 126 valence electrons. The predicted octanol–water partition coefficient (Wildman–Crippen LogP) is 4.77. The summed E-state index contributed by atoms with van der Waals surface area (Å²) in [6.07, 6.45) is 1.94. The van der Waals surface area contributed by atoms with Crippen LogP contribution in [0.4, 0.5) is 5.69 Å². The van der Waals surface area contributed by atoms with Crippen molar-refractivity contribution in [3.63, 3.8) is 0 Å². The second kappa shape index (κ2) is 9.03. The average molecular weight is 458 g/mol. The zero-order valence-corrected chi connectivity index (χ0v) is 16.0. The number of carbonyl (C=O) groups is 1. The molecular formula is C18H17ClINO3. The minimum atomic E-state index is -0.550. The van der Waals surface area contributed by atoms with Crippen LogP contribution in [0.25, 0.3) is 0 Å². The number of nitrogens with zero attached hydrogens (tertiary/aromatic N) is 1. The number of phenols is 1. The molecule has 1 unspecified atom stereocenters. The number of esters is 1. The van der Waals surface area contributed by atoms with E-state index in [9.17, 15) is 9.90 Å². The second-order valence-electron chi connectivity index (χ2n) is 5.09. The van der Waals surface area contributed by atoms with Crippen LogP contribution in [0.3, 0.4) is 0 Å². The third kappa shape index (κ3) is 5.49.